The van der Waals surface area contributed by atoms with Crippen molar-refractivity contribution in [1.29, 1.82) is 0 Å². The summed E-state index contributed by atoms with van der Waals surface area (Å²) in [6.07, 6.45) is 0. The molecular formula is C22H17N3O3. The number of hydrogen-bond acceptors (Lipinski definition) is 5. The molecule has 138 valence electrons. The molecule has 6 nitrogen and oxygen atoms in total. The minimum absolute atomic E-state index is 0.0158. The van der Waals surface area contributed by atoms with Gasteiger partial charge in [-0.05, 0) is 55.0 Å². The molecule has 0 fully saturated rings. The largest absolute Gasteiger partial charge is 0.506 e. The third-order valence-electron chi connectivity index (χ3n) is 4.35. The van der Waals surface area contributed by atoms with Gasteiger partial charge >= 0.3 is 0 Å². The van der Waals surface area contributed by atoms with Gasteiger partial charge in [-0.2, -0.15) is 0 Å². The molecule has 4 aromatic rings. The Morgan fingerprint density at radius 1 is 0.893 bits per heavy atom. The number of aromatic hydroxyl groups is 1. The first-order valence-corrected chi connectivity index (χ1v) is 8.71. The van der Waals surface area contributed by atoms with Crippen molar-refractivity contribution in [3.05, 3.63) is 83.9 Å². The lowest BCUT2D eigenvalue weighted by Crippen LogP contribution is -2.11. The number of phenolic OH excluding ortho intramolecular Hbond substituents is 1. The van der Waals surface area contributed by atoms with Gasteiger partial charge in [-0.1, -0.05) is 30.3 Å². The van der Waals surface area contributed by atoms with E-state index in [0.29, 0.717) is 28.6 Å². The molecule has 1 amide bonds. The van der Waals surface area contributed by atoms with E-state index < -0.39 is 0 Å². The van der Waals surface area contributed by atoms with E-state index >= 15 is 0 Å². The zero-order chi connectivity index (χ0) is 19.5. The van der Waals surface area contributed by atoms with E-state index in [1.165, 1.54) is 6.07 Å². The predicted molar refractivity (Wildman–Crippen MR) is 106 cm³/mol. The van der Waals surface area contributed by atoms with Gasteiger partial charge in [-0.3, -0.25) is 4.79 Å². The Bertz CT molecular complexity index is 1130. The Hall–Kier alpha value is -3.93. The number of para-hydroxylation sites is 2. The number of hydrogen-bond donors (Lipinski definition) is 2. The summed E-state index contributed by atoms with van der Waals surface area (Å²) < 4.78 is 5.79. The summed E-state index contributed by atoms with van der Waals surface area (Å²) >= 11 is 0. The number of benzene rings is 3. The van der Waals surface area contributed by atoms with E-state index in [1.807, 2.05) is 31.2 Å². The highest BCUT2D eigenvalue weighted by molar-refractivity contribution is 6.05. The van der Waals surface area contributed by atoms with Crippen molar-refractivity contribution in [2.24, 2.45) is 0 Å². The van der Waals surface area contributed by atoms with E-state index in [2.05, 4.69) is 15.5 Å². The minimum atomic E-state index is -0.320. The lowest BCUT2D eigenvalue weighted by molar-refractivity contribution is 0.102. The first kappa shape index (κ1) is 17.5. The van der Waals surface area contributed by atoms with E-state index in [1.54, 1.807) is 42.5 Å². The fourth-order valence-electron chi connectivity index (χ4n) is 2.80. The summed E-state index contributed by atoms with van der Waals surface area (Å²) in [5.41, 5.74) is 3.46. The van der Waals surface area contributed by atoms with Crippen molar-refractivity contribution in [3.8, 4) is 28.7 Å². The number of nitrogens with zero attached hydrogens (tertiary/aromatic N) is 2. The number of carbonyl (C=O) groups is 1. The Balaban J connectivity index is 1.53. The molecule has 28 heavy (non-hydrogen) atoms. The van der Waals surface area contributed by atoms with Crippen LogP contribution in [0.15, 0.2) is 77.2 Å². The van der Waals surface area contributed by atoms with E-state index in [-0.39, 0.29) is 11.7 Å². The molecule has 0 bridgehead atoms. The Morgan fingerprint density at radius 3 is 2.32 bits per heavy atom. The van der Waals surface area contributed by atoms with E-state index in [4.69, 9.17) is 4.42 Å². The van der Waals surface area contributed by atoms with Gasteiger partial charge in [0, 0.05) is 16.7 Å². The monoisotopic (exact) mass is 371 g/mol. The van der Waals surface area contributed by atoms with Crippen molar-refractivity contribution in [1.82, 2.24) is 10.2 Å². The van der Waals surface area contributed by atoms with Crippen molar-refractivity contribution in [3.63, 3.8) is 0 Å². The number of phenols is 1. The average molecular weight is 371 g/mol. The predicted octanol–water partition coefficient (Wildman–Crippen LogP) is 4.67. The highest BCUT2D eigenvalue weighted by atomic mass is 16.4. The van der Waals surface area contributed by atoms with Crippen molar-refractivity contribution in [2.75, 3.05) is 5.32 Å². The number of nitrogens with one attached hydrogen (secondary N) is 1. The van der Waals surface area contributed by atoms with Crippen LogP contribution in [0.5, 0.6) is 5.75 Å². The molecule has 1 heterocycles. The third-order valence-corrected chi connectivity index (χ3v) is 4.35. The molecule has 3 aromatic carbocycles. The van der Waals surface area contributed by atoms with Gasteiger partial charge in [-0.25, -0.2) is 0 Å². The quantitative estimate of drug-likeness (QED) is 0.509. The van der Waals surface area contributed by atoms with Gasteiger partial charge in [-0.15, -0.1) is 10.2 Å². The second kappa shape index (κ2) is 7.36. The number of carbonyl (C=O) groups excluding carboxylic acids is 1. The number of rotatable bonds is 4. The zero-order valence-corrected chi connectivity index (χ0v) is 15.1. The first-order chi connectivity index (χ1) is 13.6. The number of amides is 1. The SMILES string of the molecule is Cc1ccccc1-c1nnc(-c2ccc(C(=O)Nc3ccccc3O)cc2)o1. The second-order valence-electron chi connectivity index (χ2n) is 6.28. The minimum Gasteiger partial charge on any atom is -0.506 e. The van der Waals surface area contributed by atoms with Gasteiger partial charge in [0.2, 0.25) is 11.8 Å². The van der Waals surface area contributed by atoms with Crippen LogP contribution in [0.25, 0.3) is 22.9 Å². The molecular weight excluding hydrogens is 354 g/mol. The fourth-order valence-corrected chi connectivity index (χ4v) is 2.80. The van der Waals surface area contributed by atoms with Crippen molar-refractivity contribution >= 4 is 11.6 Å². The smallest absolute Gasteiger partial charge is 0.255 e. The van der Waals surface area contributed by atoms with Crippen LogP contribution in [-0.4, -0.2) is 21.2 Å². The standard InChI is InChI=1S/C22H17N3O3/c1-14-6-2-3-7-17(14)22-25-24-21(28-22)16-12-10-15(11-13-16)20(27)23-18-8-4-5-9-19(18)26/h2-13,26H,1H3,(H,23,27). The fraction of sp³-hybridized carbons (Fsp3) is 0.0455. The van der Waals surface area contributed by atoms with Crippen LogP contribution in [-0.2, 0) is 0 Å². The average Bonchev–Trinajstić information content (AvgIpc) is 3.20. The van der Waals surface area contributed by atoms with Crippen LogP contribution in [0.4, 0.5) is 5.69 Å². The molecule has 0 aliphatic heterocycles. The Kier molecular flexibility index (Phi) is 4.60. The van der Waals surface area contributed by atoms with Gasteiger partial charge in [0.05, 0.1) is 5.69 Å². The summed E-state index contributed by atoms with van der Waals surface area (Å²) in [6.45, 7) is 1.98. The molecule has 0 saturated heterocycles. The van der Waals surface area contributed by atoms with Crippen LogP contribution in [0.2, 0.25) is 0 Å². The van der Waals surface area contributed by atoms with Crippen molar-refractivity contribution < 1.29 is 14.3 Å². The lowest BCUT2D eigenvalue weighted by atomic mass is 10.1. The highest BCUT2D eigenvalue weighted by Gasteiger charge is 2.13. The molecule has 0 unspecified atom stereocenters. The summed E-state index contributed by atoms with van der Waals surface area (Å²) in [5, 5.41) is 20.7. The highest BCUT2D eigenvalue weighted by Crippen LogP contribution is 2.27. The molecule has 0 saturated carbocycles. The summed E-state index contributed by atoms with van der Waals surface area (Å²) in [6, 6.07) is 21.2. The van der Waals surface area contributed by atoms with Gasteiger partial charge in [0.1, 0.15) is 5.75 Å². The lowest BCUT2D eigenvalue weighted by Gasteiger charge is -2.07. The van der Waals surface area contributed by atoms with Crippen LogP contribution in [0.1, 0.15) is 15.9 Å². The summed E-state index contributed by atoms with van der Waals surface area (Å²) in [7, 11) is 0. The van der Waals surface area contributed by atoms with Gasteiger partial charge in [0.25, 0.3) is 5.91 Å². The molecule has 0 atom stereocenters. The molecule has 0 spiro atoms. The Morgan fingerprint density at radius 2 is 1.57 bits per heavy atom. The topological polar surface area (TPSA) is 88.2 Å². The summed E-state index contributed by atoms with van der Waals surface area (Å²) in [5.74, 6) is 0.529. The first-order valence-electron chi connectivity index (χ1n) is 8.71. The van der Waals surface area contributed by atoms with E-state index in [9.17, 15) is 9.90 Å². The Labute approximate surface area is 161 Å². The molecule has 6 heteroatoms. The van der Waals surface area contributed by atoms with Gasteiger partial charge < -0.3 is 14.8 Å². The van der Waals surface area contributed by atoms with Crippen LogP contribution in [0.3, 0.4) is 0 Å². The van der Waals surface area contributed by atoms with Crippen LogP contribution < -0.4 is 5.32 Å². The number of aromatic nitrogens is 2. The van der Waals surface area contributed by atoms with Gasteiger partial charge in [0.15, 0.2) is 0 Å². The molecule has 0 radical (unpaired) electrons. The third kappa shape index (κ3) is 3.48. The zero-order valence-electron chi connectivity index (χ0n) is 15.1. The number of anilines is 1. The molecule has 4 rings (SSSR count). The van der Waals surface area contributed by atoms with Crippen molar-refractivity contribution in [2.45, 2.75) is 6.92 Å². The van der Waals surface area contributed by atoms with Crippen LogP contribution in [0, 0.1) is 6.92 Å². The second-order valence-corrected chi connectivity index (χ2v) is 6.28. The van der Waals surface area contributed by atoms with E-state index in [0.717, 1.165) is 11.1 Å². The number of aryl methyl sites for hydroxylation is 1. The maximum atomic E-state index is 12.4. The molecule has 0 aliphatic carbocycles. The molecule has 2 N–H and O–H groups in total. The molecule has 1 aromatic heterocycles. The maximum absolute atomic E-state index is 12.4. The maximum Gasteiger partial charge on any atom is 0.255 e. The molecule has 0 aliphatic rings. The normalized spacial score (nSPS) is 10.6. The summed E-state index contributed by atoms with van der Waals surface area (Å²) in [4.78, 5) is 12.4. The van der Waals surface area contributed by atoms with Crippen LogP contribution >= 0.6 is 0 Å².